The normalized spacial score (nSPS) is 11.0. The number of nitriles is 1. The molecule has 1 amide bonds. The molecule has 0 spiro atoms. The molecule has 8 heteroatoms. The van der Waals surface area contributed by atoms with Gasteiger partial charge in [-0.1, -0.05) is 37.6 Å². The van der Waals surface area contributed by atoms with Crippen LogP contribution < -0.4 is 10.2 Å². The molecule has 3 rings (SSSR count). The van der Waals surface area contributed by atoms with Crippen molar-refractivity contribution in [1.29, 1.82) is 5.26 Å². The lowest BCUT2D eigenvalue weighted by atomic mass is 10.1. The van der Waals surface area contributed by atoms with E-state index in [1.807, 2.05) is 19.9 Å². The molecular weight excluding hydrogens is 432 g/mol. The summed E-state index contributed by atoms with van der Waals surface area (Å²) < 4.78 is 5.71. The van der Waals surface area contributed by atoms with Crippen LogP contribution in [0.5, 0.6) is 5.75 Å². The van der Waals surface area contributed by atoms with Gasteiger partial charge >= 0.3 is 0 Å². The minimum absolute atomic E-state index is 0.344. The zero-order valence-electron chi connectivity index (χ0n) is 17.3. The monoisotopic (exact) mass is 452 g/mol. The molecule has 3 aromatic rings. The molecule has 0 saturated heterocycles. The summed E-state index contributed by atoms with van der Waals surface area (Å²) in [4.78, 5) is 17.5. The molecule has 0 atom stereocenters. The van der Waals surface area contributed by atoms with E-state index in [0.29, 0.717) is 44.4 Å². The first-order valence-corrected chi connectivity index (χ1v) is 10.8. The predicted molar refractivity (Wildman–Crippen MR) is 124 cm³/mol. The number of hydrogen-bond acceptors (Lipinski definition) is 6. The topological polar surface area (TPSA) is 87.4 Å². The van der Waals surface area contributed by atoms with Gasteiger partial charge in [-0.3, -0.25) is 4.79 Å². The largest absolute Gasteiger partial charge is 0.492 e. The summed E-state index contributed by atoms with van der Waals surface area (Å²) in [6.45, 7) is 6.39. The number of ether oxygens (including phenoxy) is 1. The third kappa shape index (κ3) is 5.91. The van der Waals surface area contributed by atoms with Crippen molar-refractivity contribution in [2.45, 2.75) is 20.8 Å². The van der Waals surface area contributed by atoms with Gasteiger partial charge in [0.15, 0.2) is 0 Å². The minimum Gasteiger partial charge on any atom is -0.492 e. The number of nitrogens with zero attached hydrogens (tertiary/aromatic N) is 3. The Morgan fingerprint density at radius 3 is 2.74 bits per heavy atom. The van der Waals surface area contributed by atoms with Gasteiger partial charge in [0.05, 0.1) is 24.1 Å². The van der Waals surface area contributed by atoms with E-state index in [-0.39, 0.29) is 5.91 Å². The number of benzene rings is 2. The molecular formula is C23H21ClN4O2S. The molecule has 0 fully saturated rings. The lowest BCUT2D eigenvalue weighted by Gasteiger charge is -2.10. The van der Waals surface area contributed by atoms with Gasteiger partial charge in [-0.05, 0) is 48.7 Å². The van der Waals surface area contributed by atoms with Crippen molar-refractivity contribution in [3.8, 4) is 22.4 Å². The summed E-state index contributed by atoms with van der Waals surface area (Å²) in [7, 11) is 0. The van der Waals surface area contributed by atoms with Crippen molar-refractivity contribution in [2.75, 3.05) is 6.61 Å². The van der Waals surface area contributed by atoms with Crippen molar-refractivity contribution in [3.05, 3.63) is 69.2 Å². The molecule has 0 aliphatic rings. The average Bonchev–Trinajstić information content (AvgIpc) is 3.15. The Hall–Kier alpha value is -3.21. The molecule has 1 aromatic heterocycles. The van der Waals surface area contributed by atoms with Crippen LogP contribution in [-0.4, -0.2) is 23.7 Å². The summed E-state index contributed by atoms with van der Waals surface area (Å²) in [6, 6.07) is 14.6. The molecule has 158 valence electrons. The van der Waals surface area contributed by atoms with Crippen molar-refractivity contribution in [1.82, 2.24) is 10.4 Å². The van der Waals surface area contributed by atoms with Crippen LogP contribution in [0.25, 0.3) is 10.6 Å². The van der Waals surface area contributed by atoms with Crippen LogP contribution in [0, 0.1) is 24.2 Å². The fourth-order valence-electron chi connectivity index (χ4n) is 2.63. The summed E-state index contributed by atoms with van der Waals surface area (Å²) in [5, 5.41) is 14.8. The maximum Gasteiger partial charge on any atom is 0.283 e. The van der Waals surface area contributed by atoms with Gasteiger partial charge in [-0.15, -0.1) is 11.3 Å². The SMILES string of the molecule is Cc1nc(-c2ccc(OCC(C)C)c(C#N)c2)sc1C(=O)N/N=C/c1ccc(Cl)cc1. The molecule has 0 aliphatic carbocycles. The Balaban J connectivity index is 1.74. The van der Waals surface area contributed by atoms with Crippen LogP contribution in [0.3, 0.4) is 0 Å². The fraction of sp³-hybridized carbons (Fsp3) is 0.217. The van der Waals surface area contributed by atoms with Crippen molar-refractivity contribution in [2.24, 2.45) is 11.0 Å². The Labute approximate surface area is 190 Å². The Bertz CT molecular complexity index is 1150. The quantitative estimate of drug-likeness (QED) is 0.381. The zero-order valence-corrected chi connectivity index (χ0v) is 18.9. The van der Waals surface area contributed by atoms with Crippen LogP contribution in [0.4, 0.5) is 0 Å². The average molecular weight is 453 g/mol. The van der Waals surface area contributed by atoms with E-state index >= 15 is 0 Å². The molecule has 0 radical (unpaired) electrons. The third-order valence-electron chi connectivity index (χ3n) is 4.17. The van der Waals surface area contributed by atoms with Gasteiger partial charge in [0.1, 0.15) is 21.7 Å². The number of hydrazone groups is 1. The van der Waals surface area contributed by atoms with E-state index in [4.69, 9.17) is 16.3 Å². The van der Waals surface area contributed by atoms with Gasteiger partial charge in [-0.25, -0.2) is 10.4 Å². The van der Waals surface area contributed by atoms with Gasteiger partial charge in [0, 0.05) is 10.6 Å². The van der Waals surface area contributed by atoms with Gasteiger partial charge in [0.25, 0.3) is 5.91 Å². The number of rotatable bonds is 7. The first kappa shape index (κ1) is 22.5. The van der Waals surface area contributed by atoms with E-state index in [1.165, 1.54) is 11.3 Å². The highest BCUT2D eigenvalue weighted by molar-refractivity contribution is 7.17. The number of carbonyl (C=O) groups excluding carboxylic acids is 1. The van der Waals surface area contributed by atoms with Crippen LogP contribution >= 0.6 is 22.9 Å². The number of aryl methyl sites for hydroxylation is 1. The summed E-state index contributed by atoms with van der Waals surface area (Å²) in [5.74, 6) is 0.558. The molecule has 2 aromatic carbocycles. The third-order valence-corrected chi connectivity index (χ3v) is 5.63. The maximum absolute atomic E-state index is 12.5. The van der Waals surface area contributed by atoms with Crippen molar-refractivity contribution in [3.63, 3.8) is 0 Å². The maximum atomic E-state index is 12.5. The summed E-state index contributed by atoms with van der Waals surface area (Å²) in [5.41, 5.74) is 5.12. The number of thiazole rings is 1. The van der Waals surface area contributed by atoms with Crippen LogP contribution in [0.15, 0.2) is 47.6 Å². The molecule has 6 nitrogen and oxygen atoms in total. The Morgan fingerprint density at radius 2 is 2.06 bits per heavy atom. The second-order valence-corrected chi connectivity index (χ2v) is 8.65. The first-order valence-electron chi connectivity index (χ1n) is 9.61. The van der Waals surface area contributed by atoms with Crippen molar-refractivity contribution < 1.29 is 9.53 Å². The second kappa shape index (κ2) is 10.2. The second-order valence-electron chi connectivity index (χ2n) is 7.21. The van der Waals surface area contributed by atoms with E-state index in [9.17, 15) is 10.1 Å². The number of amides is 1. The summed E-state index contributed by atoms with van der Waals surface area (Å²) >= 11 is 7.11. The molecule has 0 bridgehead atoms. The van der Waals surface area contributed by atoms with Crippen molar-refractivity contribution >= 4 is 35.1 Å². The van der Waals surface area contributed by atoms with Gasteiger partial charge in [-0.2, -0.15) is 10.4 Å². The Morgan fingerprint density at radius 1 is 1.32 bits per heavy atom. The van der Waals surface area contributed by atoms with Crippen LogP contribution in [-0.2, 0) is 0 Å². The van der Waals surface area contributed by atoms with E-state index < -0.39 is 0 Å². The smallest absolute Gasteiger partial charge is 0.283 e. The highest BCUT2D eigenvalue weighted by atomic mass is 35.5. The molecule has 0 aliphatic heterocycles. The molecule has 31 heavy (non-hydrogen) atoms. The number of nitrogens with one attached hydrogen (secondary N) is 1. The molecule has 1 heterocycles. The van der Waals surface area contributed by atoms with Gasteiger partial charge in [0.2, 0.25) is 0 Å². The molecule has 0 saturated carbocycles. The zero-order chi connectivity index (χ0) is 22.4. The first-order chi connectivity index (χ1) is 14.9. The summed E-state index contributed by atoms with van der Waals surface area (Å²) in [6.07, 6.45) is 1.54. The van der Waals surface area contributed by atoms with E-state index in [2.05, 4.69) is 21.6 Å². The number of carbonyl (C=O) groups is 1. The fourth-order valence-corrected chi connectivity index (χ4v) is 3.71. The number of hydrogen-bond donors (Lipinski definition) is 1. The molecule has 0 unspecified atom stereocenters. The number of aromatic nitrogens is 1. The number of halogens is 1. The van der Waals surface area contributed by atoms with Gasteiger partial charge < -0.3 is 4.74 Å². The van der Waals surface area contributed by atoms with E-state index in [1.54, 1.807) is 49.5 Å². The molecule has 1 N–H and O–H groups in total. The predicted octanol–water partition coefficient (Wildman–Crippen LogP) is 5.44. The van der Waals surface area contributed by atoms with E-state index in [0.717, 1.165) is 11.1 Å². The lowest BCUT2D eigenvalue weighted by molar-refractivity contribution is 0.0958. The Kier molecular flexibility index (Phi) is 7.40. The van der Waals surface area contributed by atoms with Crippen LogP contribution in [0.2, 0.25) is 5.02 Å². The highest BCUT2D eigenvalue weighted by Crippen LogP contribution is 2.31. The minimum atomic E-state index is -0.344. The lowest BCUT2D eigenvalue weighted by Crippen LogP contribution is -2.17. The highest BCUT2D eigenvalue weighted by Gasteiger charge is 2.17. The standard InChI is InChI=1S/C23H21ClN4O2S/c1-14(2)13-30-20-9-6-17(10-18(20)11-25)23-27-15(3)21(31-23)22(29)28-26-12-16-4-7-19(24)8-5-16/h4-10,12,14H,13H2,1-3H3,(H,28,29)/b26-12+. The van der Waals surface area contributed by atoms with Crippen LogP contribution in [0.1, 0.15) is 40.3 Å².